The molecule has 0 unspecified atom stereocenters. The van der Waals surface area contributed by atoms with Crippen LogP contribution in [0.1, 0.15) is 22.3 Å². The lowest BCUT2D eigenvalue weighted by Crippen LogP contribution is -2.13. The van der Waals surface area contributed by atoms with E-state index in [-0.39, 0.29) is 28.6 Å². The quantitative estimate of drug-likeness (QED) is 0.128. The maximum absolute atomic E-state index is 15.3. The summed E-state index contributed by atoms with van der Waals surface area (Å²) in [7, 11) is 0. The van der Waals surface area contributed by atoms with E-state index in [0.717, 1.165) is 38.7 Å². The molecule has 2 heterocycles. The van der Waals surface area contributed by atoms with Crippen LogP contribution in [0.3, 0.4) is 0 Å². The van der Waals surface area contributed by atoms with Gasteiger partial charge in [-0.2, -0.15) is 36.9 Å². The van der Waals surface area contributed by atoms with E-state index in [2.05, 4.69) is 17.0 Å². The first-order valence-corrected chi connectivity index (χ1v) is 19.8. The highest BCUT2D eigenvalue weighted by atomic mass is 19.4. The summed E-state index contributed by atoms with van der Waals surface area (Å²) in [4.78, 5) is 3.57. The topological polar surface area (TPSA) is 61.8 Å². The summed E-state index contributed by atoms with van der Waals surface area (Å²) in [6.07, 6.45) is -10.3. The number of para-hydroxylation sites is 2. The molecule has 0 atom stereocenters. The maximum Gasteiger partial charge on any atom is 0.417 e. The van der Waals surface area contributed by atoms with Gasteiger partial charge >= 0.3 is 12.4 Å². The Labute approximate surface area is 360 Å². The average Bonchev–Trinajstić information content (AvgIpc) is 3.82. The summed E-state index contributed by atoms with van der Waals surface area (Å²) in [6.45, 7) is 7.57. The number of aromatic nitrogens is 2. The van der Waals surface area contributed by atoms with Crippen LogP contribution in [0.2, 0.25) is 0 Å². The lowest BCUT2D eigenvalue weighted by Gasteiger charge is -2.22. The zero-order valence-corrected chi connectivity index (χ0v) is 33.1. The van der Waals surface area contributed by atoms with E-state index < -0.39 is 29.0 Å². The van der Waals surface area contributed by atoms with Crippen molar-refractivity contribution in [2.45, 2.75) is 12.4 Å². The van der Waals surface area contributed by atoms with Crippen molar-refractivity contribution < 1.29 is 26.3 Å². The third-order valence-corrected chi connectivity index (χ3v) is 11.6. The highest BCUT2D eigenvalue weighted by molar-refractivity contribution is 6.12. The lowest BCUT2D eigenvalue weighted by molar-refractivity contribution is -0.142. The molecule has 0 saturated heterocycles. The Kier molecular flexibility index (Phi) is 9.14. The number of rotatable bonds is 5. The smallest absolute Gasteiger partial charge is 0.309 e. The van der Waals surface area contributed by atoms with Gasteiger partial charge in [0.05, 0.1) is 68.3 Å². The highest BCUT2D eigenvalue weighted by Crippen LogP contribution is 2.47. The van der Waals surface area contributed by atoms with Gasteiger partial charge in [-0.3, -0.25) is 0 Å². The molecule has 5 nitrogen and oxygen atoms in total. The second-order valence-electron chi connectivity index (χ2n) is 15.3. The van der Waals surface area contributed by atoms with Crippen LogP contribution >= 0.6 is 0 Å². The molecule has 0 saturated carbocycles. The third-order valence-electron chi connectivity index (χ3n) is 11.6. The monoisotopic (exact) mass is 847 g/mol. The van der Waals surface area contributed by atoms with Crippen molar-refractivity contribution in [2.24, 2.45) is 0 Å². The summed E-state index contributed by atoms with van der Waals surface area (Å²) < 4.78 is 92.0. The van der Waals surface area contributed by atoms with Gasteiger partial charge in [-0.1, -0.05) is 97.1 Å². The summed E-state index contributed by atoms with van der Waals surface area (Å²) in [5, 5.41) is 23.8. The van der Waals surface area contributed by atoms with Crippen LogP contribution in [-0.2, 0) is 12.4 Å². The van der Waals surface area contributed by atoms with Gasteiger partial charge < -0.3 is 9.13 Å². The molecule has 0 N–H and O–H groups in total. The van der Waals surface area contributed by atoms with Crippen molar-refractivity contribution in [1.82, 2.24) is 9.13 Å². The Balaban J connectivity index is 1.34. The Morgan fingerprint density at radius 2 is 1.02 bits per heavy atom. The molecule has 0 aliphatic heterocycles. The molecule has 10 aromatic rings. The molecule has 0 amide bonds. The lowest BCUT2D eigenvalue weighted by atomic mass is 9.93. The molecule has 0 bridgehead atoms. The fourth-order valence-electron chi connectivity index (χ4n) is 8.78. The largest absolute Gasteiger partial charge is 0.417 e. The Bertz CT molecular complexity index is 3700. The molecule has 0 fully saturated rings. The van der Waals surface area contributed by atoms with Crippen molar-refractivity contribution in [3.8, 4) is 56.9 Å². The minimum Gasteiger partial charge on any atom is -0.309 e. The minimum absolute atomic E-state index is 0.0746. The number of nitriles is 2. The van der Waals surface area contributed by atoms with Gasteiger partial charge in [-0.15, -0.1) is 0 Å². The summed E-state index contributed by atoms with van der Waals surface area (Å²) in [5.41, 5.74) is 2.90. The second kappa shape index (κ2) is 14.8. The Morgan fingerprint density at radius 3 is 1.59 bits per heavy atom. The molecule has 10 rings (SSSR count). The molecule has 306 valence electrons. The van der Waals surface area contributed by atoms with Crippen molar-refractivity contribution in [3.63, 3.8) is 0 Å². The summed E-state index contributed by atoms with van der Waals surface area (Å²) >= 11 is 0. The van der Waals surface area contributed by atoms with Gasteiger partial charge in [0, 0.05) is 27.1 Å². The van der Waals surface area contributed by atoms with E-state index in [0.29, 0.717) is 50.5 Å². The van der Waals surface area contributed by atoms with Crippen LogP contribution in [0.5, 0.6) is 0 Å². The third kappa shape index (κ3) is 6.48. The van der Waals surface area contributed by atoms with Gasteiger partial charge in [-0.05, 0) is 94.5 Å². The molecule has 8 aromatic carbocycles. The SMILES string of the molecule is [C-]#[N+]c1cccc(-c2ccc3c4ccccc4n(-c4cc(C#N)c(-n5c6ccccc6c6ccc(-c7cccc(C#N)c7)cc65)cc4-c4ccc(C(F)(F)F)cc4C(F)(F)F)c3c2)c1. The summed E-state index contributed by atoms with van der Waals surface area (Å²) in [5.74, 6) is 0. The fourth-order valence-corrected chi connectivity index (χ4v) is 8.78. The van der Waals surface area contributed by atoms with Crippen LogP contribution in [-0.4, -0.2) is 9.13 Å². The molecule has 11 heteroatoms. The molecule has 0 radical (unpaired) electrons. The van der Waals surface area contributed by atoms with E-state index in [1.165, 1.54) is 12.1 Å². The number of fused-ring (bicyclic) bond motifs is 6. The number of halogens is 6. The zero-order valence-electron chi connectivity index (χ0n) is 33.1. The normalized spacial score (nSPS) is 11.9. The molecular weight excluding hydrogens is 821 g/mol. The predicted octanol–water partition coefficient (Wildman–Crippen LogP) is 15.2. The number of alkyl halides is 6. The van der Waals surface area contributed by atoms with E-state index in [1.54, 1.807) is 63.7 Å². The minimum atomic E-state index is -5.23. The van der Waals surface area contributed by atoms with Crippen LogP contribution < -0.4 is 0 Å². The Morgan fingerprint density at radius 1 is 0.453 bits per heavy atom. The van der Waals surface area contributed by atoms with Gasteiger partial charge in [-0.25, -0.2) is 4.85 Å². The number of hydrogen-bond acceptors (Lipinski definition) is 2. The molecule has 0 spiro atoms. The van der Waals surface area contributed by atoms with Crippen LogP contribution in [0.15, 0.2) is 164 Å². The predicted molar refractivity (Wildman–Crippen MR) is 237 cm³/mol. The van der Waals surface area contributed by atoms with Crippen LogP contribution in [0.25, 0.3) is 93.2 Å². The van der Waals surface area contributed by atoms with Gasteiger partial charge in [0.25, 0.3) is 0 Å². The first-order chi connectivity index (χ1) is 30.9. The van der Waals surface area contributed by atoms with E-state index in [9.17, 15) is 23.7 Å². The first kappa shape index (κ1) is 39.5. The standard InChI is InChI=1S/C53H27F6N5/c1-62-38-11-7-10-33(23-38)35-17-20-43-41-13-3-5-15-47(41)64(50(43)25-35)51-26-36(30-61)48(28-44(51)39-21-18-37(52(54,55)56)27-45(39)53(57,58)59)63-46-14-4-2-12-40(46)42-19-16-34(24-49(42)63)32-9-6-8-31(22-32)29-60/h2-28H. The molecule has 2 aromatic heterocycles. The van der Waals surface area contributed by atoms with Gasteiger partial charge in [0.15, 0.2) is 5.69 Å². The molecule has 0 aliphatic rings. The highest BCUT2D eigenvalue weighted by Gasteiger charge is 2.39. The first-order valence-electron chi connectivity index (χ1n) is 19.8. The molecule has 0 aliphatic carbocycles. The van der Waals surface area contributed by atoms with Crippen molar-refractivity contribution >= 4 is 49.3 Å². The number of benzene rings is 8. The van der Waals surface area contributed by atoms with Crippen molar-refractivity contribution in [3.05, 3.63) is 197 Å². The van der Waals surface area contributed by atoms with Crippen molar-refractivity contribution in [2.75, 3.05) is 0 Å². The van der Waals surface area contributed by atoms with Crippen LogP contribution in [0.4, 0.5) is 32.0 Å². The second-order valence-corrected chi connectivity index (χ2v) is 15.3. The number of hydrogen-bond donors (Lipinski definition) is 0. The van der Waals surface area contributed by atoms with Gasteiger partial charge in [0.1, 0.15) is 6.07 Å². The fraction of sp³-hybridized carbons (Fsp3) is 0.0377. The molecule has 64 heavy (non-hydrogen) atoms. The van der Waals surface area contributed by atoms with E-state index >= 15 is 13.2 Å². The Hall–Kier alpha value is -8.59. The van der Waals surface area contributed by atoms with Crippen molar-refractivity contribution in [1.29, 1.82) is 10.5 Å². The zero-order chi connectivity index (χ0) is 44.5. The van der Waals surface area contributed by atoms with Gasteiger partial charge in [0.2, 0.25) is 0 Å². The number of nitrogens with zero attached hydrogens (tertiary/aromatic N) is 5. The average molecular weight is 848 g/mol. The molecular formula is C53H27F6N5. The maximum atomic E-state index is 15.3. The van der Waals surface area contributed by atoms with E-state index in [4.69, 9.17) is 6.57 Å². The van der Waals surface area contributed by atoms with E-state index in [1.807, 2.05) is 78.9 Å². The van der Waals surface area contributed by atoms with Crippen LogP contribution in [0, 0.1) is 29.2 Å². The summed E-state index contributed by atoms with van der Waals surface area (Å²) in [6, 6.07) is 49.1.